The highest BCUT2D eigenvalue weighted by atomic mass is 16.5. The molecule has 0 aliphatic carbocycles. The summed E-state index contributed by atoms with van der Waals surface area (Å²) < 4.78 is 5.50. The van der Waals surface area contributed by atoms with Gasteiger partial charge in [-0.15, -0.1) is 0 Å². The van der Waals surface area contributed by atoms with Gasteiger partial charge in [0.15, 0.2) is 0 Å². The average molecular weight is 1160 g/mol. The third-order valence-corrected chi connectivity index (χ3v) is 18.1. The molecule has 2 unspecified atom stereocenters. The van der Waals surface area contributed by atoms with Gasteiger partial charge >= 0.3 is 5.97 Å². The number of unbranched alkanes of at least 4 members (excludes halogenated alkanes) is 59. The molecule has 0 aromatic heterocycles. The van der Waals surface area contributed by atoms with E-state index >= 15 is 0 Å². The predicted molar refractivity (Wildman–Crippen MR) is 361 cm³/mol. The topological polar surface area (TPSA) is 95.9 Å². The predicted octanol–water partition coefficient (Wildman–Crippen LogP) is 24.7. The van der Waals surface area contributed by atoms with Crippen LogP contribution in [0.4, 0.5) is 0 Å². The van der Waals surface area contributed by atoms with Crippen LogP contribution in [0, 0.1) is 0 Å². The lowest BCUT2D eigenvalue weighted by molar-refractivity contribution is -0.143. The Morgan fingerprint density at radius 3 is 0.866 bits per heavy atom. The van der Waals surface area contributed by atoms with Gasteiger partial charge in [0.05, 0.1) is 25.4 Å². The van der Waals surface area contributed by atoms with Crippen molar-refractivity contribution < 1.29 is 24.5 Å². The van der Waals surface area contributed by atoms with Crippen molar-refractivity contribution in [2.75, 3.05) is 13.2 Å². The lowest BCUT2D eigenvalue weighted by Gasteiger charge is -2.22. The van der Waals surface area contributed by atoms with E-state index in [9.17, 15) is 19.8 Å². The van der Waals surface area contributed by atoms with E-state index in [4.69, 9.17) is 4.74 Å². The Bertz CT molecular complexity index is 1240. The number of hydrogen-bond acceptors (Lipinski definition) is 5. The van der Waals surface area contributed by atoms with Crippen LogP contribution in [0.1, 0.15) is 438 Å². The number of rotatable bonds is 72. The first-order valence-electron chi connectivity index (χ1n) is 37.9. The molecule has 82 heavy (non-hydrogen) atoms. The van der Waals surface area contributed by atoms with Crippen molar-refractivity contribution >= 4 is 11.9 Å². The molecule has 3 N–H and O–H groups in total. The monoisotopic (exact) mass is 1160 g/mol. The number of carbonyl (C=O) groups is 2. The van der Waals surface area contributed by atoms with Gasteiger partial charge in [-0.25, -0.2) is 0 Å². The van der Waals surface area contributed by atoms with Crippen LogP contribution in [-0.4, -0.2) is 47.4 Å². The number of ether oxygens (including phenoxy) is 1. The SMILES string of the molecule is CCCCCCCCC/C=C\CCCCCCCC(=O)OCCCCCCCCCCCCCCCCCCCCCCCCCCCCCCCCCC(=O)NC(CO)C(O)CCCCCCCCCCCCCCCCCCCC. The summed E-state index contributed by atoms with van der Waals surface area (Å²) in [6.45, 7) is 5.00. The number of esters is 1. The Balaban J connectivity index is 3.32. The van der Waals surface area contributed by atoms with Crippen molar-refractivity contribution in [3.8, 4) is 0 Å². The lowest BCUT2D eigenvalue weighted by Crippen LogP contribution is -2.45. The second-order valence-corrected chi connectivity index (χ2v) is 26.3. The van der Waals surface area contributed by atoms with E-state index in [1.54, 1.807) is 0 Å². The molecule has 6 nitrogen and oxygen atoms in total. The summed E-state index contributed by atoms with van der Waals surface area (Å²) in [4.78, 5) is 24.6. The minimum atomic E-state index is -0.661. The average Bonchev–Trinajstić information content (AvgIpc) is 3.48. The Morgan fingerprint density at radius 2 is 0.573 bits per heavy atom. The van der Waals surface area contributed by atoms with Crippen molar-refractivity contribution in [2.45, 2.75) is 450 Å². The van der Waals surface area contributed by atoms with Gasteiger partial charge < -0.3 is 20.3 Å². The van der Waals surface area contributed by atoms with Gasteiger partial charge in [0.1, 0.15) is 0 Å². The van der Waals surface area contributed by atoms with Crippen LogP contribution < -0.4 is 5.32 Å². The molecule has 0 bridgehead atoms. The molecule has 2 atom stereocenters. The van der Waals surface area contributed by atoms with Gasteiger partial charge in [-0.2, -0.15) is 0 Å². The molecule has 0 spiro atoms. The fourth-order valence-electron chi connectivity index (χ4n) is 12.3. The van der Waals surface area contributed by atoms with Gasteiger partial charge in [0.2, 0.25) is 5.91 Å². The van der Waals surface area contributed by atoms with E-state index in [2.05, 4.69) is 31.3 Å². The molecule has 1 amide bonds. The van der Waals surface area contributed by atoms with Crippen LogP contribution >= 0.6 is 0 Å². The van der Waals surface area contributed by atoms with Crippen LogP contribution in [-0.2, 0) is 14.3 Å². The van der Waals surface area contributed by atoms with Crippen LogP contribution in [0.3, 0.4) is 0 Å². The first kappa shape index (κ1) is 80.6. The van der Waals surface area contributed by atoms with E-state index in [1.165, 1.54) is 360 Å². The lowest BCUT2D eigenvalue weighted by atomic mass is 10.0. The first-order valence-corrected chi connectivity index (χ1v) is 37.9. The summed E-state index contributed by atoms with van der Waals surface area (Å²) in [7, 11) is 0. The largest absolute Gasteiger partial charge is 0.466 e. The summed E-state index contributed by atoms with van der Waals surface area (Å²) in [6.07, 6.45) is 90.0. The van der Waals surface area contributed by atoms with E-state index in [1.807, 2.05) is 0 Å². The molecule has 0 aromatic rings. The highest BCUT2D eigenvalue weighted by molar-refractivity contribution is 5.76. The molecule has 0 saturated heterocycles. The molecule has 0 saturated carbocycles. The number of allylic oxidation sites excluding steroid dienone is 2. The second kappa shape index (κ2) is 72.1. The number of amides is 1. The standard InChI is InChI=1S/C76H149NO5/c1-3-5-7-9-11-13-15-17-19-21-37-40-44-48-52-56-60-64-68-74(79)73(72-78)77-75(80)69-65-61-57-53-49-45-41-38-35-33-31-29-27-25-23-22-24-26-28-30-32-34-36-39-43-47-51-55-59-63-67-71-82-76(81)70-66-62-58-54-50-46-42-20-18-16-14-12-10-8-6-4-2/h20,42,73-74,78-79H,3-19,21-41,43-72H2,1-2H3,(H,77,80)/b42-20-. The van der Waals surface area contributed by atoms with Crippen LogP contribution in [0.2, 0.25) is 0 Å². The molecule has 0 heterocycles. The molecule has 0 rings (SSSR count). The quantitative estimate of drug-likeness (QED) is 0.0320. The number of carbonyl (C=O) groups excluding carboxylic acids is 2. The Labute approximate surface area is 514 Å². The van der Waals surface area contributed by atoms with Crippen molar-refractivity contribution in [1.29, 1.82) is 0 Å². The van der Waals surface area contributed by atoms with Crippen molar-refractivity contribution in [1.82, 2.24) is 5.32 Å². The Morgan fingerprint density at radius 1 is 0.329 bits per heavy atom. The fraction of sp³-hybridized carbons (Fsp3) is 0.947. The zero-order valence-corrected chi connectivity index (χ0v) is 56.0. The smallest absolute Gasteiger partial charge is 0.305 e. The molecular formula is C76H149NO5. The highest BCUT2D eigenvalue weighted by Crippen LogP contribution is 2.20. The van der Waals surface area contributed by atoms with Crippen molar-refractivity contribution in [3.63, 3.8) is 0 Å². The van der Waals surface area contributed by atoms with E-state index in [-0.39, 0.29) is 18.5 Å². The number of hydrogen-bond donors (Lipinski definition) is 3. The van der Waals surface area contributed by atoms with Gasteiger partial charge in [0.25, 0.3) is 0 Å². The summed E-state index contributed by atoms with van der Waals surface area (Å²) in [5.74, 6) is -0.0116. The number of aliphatic hydroxyl groups is 2. The molecule has 0 aliphatic heterocycles. The van der Waals surface area contributed by atoms with E-state index < -0.39 is 12.1 Å². The molecule has 0 aliphatic rings. The molecule has 6 heteroatoms. The van der Waals surface area contributed by atoms with Crippen molar-refractivity contribution in [3.05, 3.63) is 12.2 Å². The molecule has 0 fully saturated rings. The summed E-state index contributed by atoms with van der Waals surface area (Å²) in [6, 6.07) is -0.538. The van der Waals surface area contributed by atoms with Crippen molar-refractivity contribution in [2.24, 2.45) is 0 Å². The molecule has 0 aromatic carbocycles. The summed E-state index contributed by atoms with van der Waals surface area (Å²) in [5, 5.41) is 23.4. The van der Waals surface area contributed by atoms with Gasteiger partial charge in [-0.3, -0.25) is 9.59 Å². The fourth-order valence-corrected chi connectivity index (χ4v) is 12.3. The maximum atomic E-state index is 12.5. The second-order valence-electron chi connectivity index (χ2n) is 26.3. The minimum absolute atomic E-state index is 0.0144. The maximum Gasteiger partial charge on any atom is 0.305 e. The molecule has 0 radical (unpaired) electrons. The zero-order chi connectivity index (χ0) is 59.2. The normalized spacial score (nSPS) is 12.5. The molecule has 488 valence electrons. The van der Waals surface area contributed by atoms with E-state index in [0.717, 1.165) is 44.9 Å². The Hall–Kier alpha value is -1.40. The summed E-state index contributed by atoms with van der Waals surface area (Å²) in [5.41, 5.74) is 0. The van der Waals surface area contributed by atoms with Crippen LogP contribution in [0.5, 0.6) is 0 Å². The Kier molecular flexibility index (Phi) is 70.8. The van der Waals surface area contributed by atoms with Gasteiger partial charge in [-0.1, -0.05) is 386 Å². The zero-order valence-electron chi connectivity index (χ0n) is 56.0. The van der Waals surface area contributed by atoms with E-state index in [0.29, 0.717) is 25.9 Å². The first-order chi connectivity index (χ1) is 40.5. The van der Waals surface area contributed by atoms with Crippen LogP contribution in [0.15, 0.2) is 12.2 Å². The molecular weight excluding hydrogens is 1010 g/mol. The van der Waals surface area contributed by atoms with Gasteiger partial charge in [-0.05, 0) is 51.4 Å². The third-order valence-electron chi connectivity index (χ3n) is 18.1. The summed E-state index contributed by atoms with van der Waals surface area (Å²) >= 11 is 0. The maximum absolute atomic E-state index is 12.5. The van der Waals surface area contributed by atoms with Crippen LogP contribution in [0.25, 0.3) is 0 Å². The minimum Gasteiger partial charge on any atom is -0.466 e. The number of aliphatic hydroxyl groups excluding tert-OH is 2. The van der Waals surface area contributed by atoms with Gasteiger partial charge in [0, 0.05) is 12.8 Å². The number of nitrogens with one attached hydrogen (secondary N) is 1. The third kappa shape index (κ3) is 67.7. The highest BCUT2D eigenvalue weighted by Gasteiger charge is 2.20.